The van der Waals surface area contributed by atoms with E-state index in [4.69, 9.17) is 9.72 Å². The van der Waals surface area contributed by atoms with Crippen LogP contribution in [0.1, 0.15) is 32.5 Å². The Bertz CT molecular complexity index is 650. The fourth-order valence-corrected chi connectivity index (χ4v) is 3.11. The number of pyridine rings is 1. The maximum absolute atomic E-state index is 5.46. The third-order valence-electron chi connectivity index (χ3n) is 4.77. The molecule has 2 aromatic rings. The summed E-state index contributed by atoms with van der Waals surface area (Å²) < 4.78 is 5.46. The molecule has 1 aromatic heterocycles. The first-order valence-electron chi connectivity index (χ1n) is 8.48. The third-order valence-corrected chi connectivity index (χ3v) is 4.77. The van der Waals surface area contributed by atoms with Crippen molar-refractivity contribution in [1.29, 1.82) is 0 Å². The smallest absolute Gasteiger partial charge is 0.0706 e. The second-order valence-corrected chi connectivity index (χ2v) is 6.94. The van der Waals surface area contributed by atoms with E-state index >= 15 is 0 Å². The number of aromatic nitrogens is 1. The quantitative estimate of drug-likeness (QED) is 0.921. The van der Waals surface area contributed by atoms with Crippen molar-refractivity contribution in [3.63, 3.8) is 0 Å². The van der Waals surface area contributed by atoms with Gasteiger partial charge in [-0.1, -0.05) is 24.3 Å². The summed E-state index contributed by atoms with van der Waals surface area (Å²) in [5, 5.41) is 4.85. The van der Waals surface area contributed by atoms with Crippen LogP contribution in [0.4, 0.5) is 0 Å². The fourth-order valence-electron chi connectivity index (χ4n) is 3.11. The molecule has 0 radical (unpaired) electrons. The maximum atomic E-state index is 5.46. The number of rotatable bonds is 5. The Labute approximate surface area is 138 Å². The van der Waals surface area contributed by atoms with Crippen LogP contribution in [0.3, 0.4) is 0 Å². The van der Waals surface area contributed by atoms with Gasteiger partial charge in [0.25, 0.3) is 0 Å². The van der Waals surface area contributed by atoms with Crippen LogP contribution in [-0.4, -0.2) is 48.3 Å². The molecule has 0 saturated carbocycles. The van der Waals surface area contributed by atoms with Crippen LogP contribution in [0, 0.1) is 0 Å². The molecule has 1 N–H and O–H groups in total. The largest absolute Gasteiger partial charge is 0.379 e. The van der Waals surface area contributed by atoms with E-state index in [1.807, 2.05) is 6.07 Å². The van der Waals surface area contributed by atoms with Gasteiger partial charge in [0.1, 0.15) is 0 Å². The van der Waals surface area contributed by atoms with Gasteiger partial charge in [0.05, 0.1) is 24.4 Å². The molecule has 0 bridgehead atoms. The SMILES string of the molecule is C[C@@H](NCC(C)(C)N1CCOCC1)c1ccc2ccccc2n1. The van der Waals surface area contributed by atoms with Crippen LogP contribution in [-0.2, 0) is 4.74 Å². The molecule has 0 spiro atoms. The van der Waals surface area contributed by atoms with E-state index in [1.165, 1.54) is 5.39 Å². The molecule has 1 saturated heterocycles. The van der Waals surface area contributed by atoms with Crippen LogP contribution >= 0.6 is 0 Å². The van der Waals surface area contributed by atoms with Crippen molar-refractivity contribution in [1.82, 2.24) is 15.2 Å². The highest BCUT2D eigenvalue weighted by Crippen LogP contribution is 2.19. The Balaban J connectivity index is 1.64. The van der Waals surface area contributed by atoms with Gasteiger partial charge in [-0.2, -0.15) is 0 Å². The van der Waals surface area contributed by atoms with E-state index in [-0.39, 0.29) is 11.6 Å². The van der Waals surface area contributed by atoms with Crippen molar-refractivity contribution < 1.29 is 4.74 Å². The standard InChI is InChI=1S/C19H27N3O/c1-15(17-9-8-16-6-4-5-7-18(16)21-17)20-14-19(2,3)22-10-12-23-13-11-22/h4-9,15,20H,10-14H2,1-3H3/t15-/m1/s1. The Morgan fingerprint density at radius 2 is 1.91 bits per heavy atom. The van der Waals surface area contributed by atoms with Crippen molar-refractivity contribution in [2.45, 2.75) is 32.4 Å². The lowest BCUT2D eigenvalue weighted by atomic mass is 10.0. The van der Waals surface area contributed by atoms with Gasteiger partial charge < -0.3 is 10.1 Å². The molecular formula is C19H27N3O. The molecule has 1 fully saturated rings. The minimum Gasteiger partial charge on any atom is -0.379 e. The zero-order valence-corrected chi connectivity index (χ0v) is 14.4. The van der Waals surface area contributed by atoms with E-state index < -0.39 is 0 Å². The monoisotopic (exact) mass is 313 g/mol. The molecule has 4 heteroatoms. The first-order valence-corrected chi connectivity index (χ1v) is 8.48. The number of fused-ring (bicyclic) bond motifs is 1. The van der Waals surface area contributed by atoms with Crippen LogP contribution in [0.2, 0.25) is 0 Å². The van der Waals surface area contributed by atoms with E-state index in [9.17, 15) is 0 Å². The number of para-hydroxylation sites is 1. The summed E-state index contributed by atoms with van der Waals surface area (Å²) in [6.45, 7) is 11.4. The first-order chi connectivity index (χ1) is 11.1. The molecule has 23 heavy (non-hydrogen) atoms. The minimum atomic E-state index is 0.120. The van der Waals surface area contributed by atoms with Crippen LogP contribution in [0.5, 0.6) is 0 Å². The molecule has 1 atom stereocenters. The Kier molecular flexibility index (Phi) is 4.95. The van der Waals surface area contributed by atoms with Crippen molar-refractivity contribution >= 4 is 10.9 Å². The minimum absolute atomic E-state index is 0.120. The number of morpholine rings is 1. The highest BCUT2D eigenvalue weighted by Gasteiger charge is 2.28. The van der Waals surface area contributed by atoms with Crippen LogP contribution in [0.15, 0.2) is 36.4 Å². The Hall–Kier alpha value is -1.49. The summed E-state index contributed by atoms with van der Waals surface area (Å²) in [6.07, 6.45) is 0. The van der Waals surface area contributed by atoms with E-state index in [0.717, 1.165) is 44.1 Å². The average Bonchev–Trinajstić information content (AvgIpc) is 2.60. The molecule has 4 nitrogen and oxygen atoms in total. The Morgan fingerprint density at radius 1 is 1.17 bits per heavy atom. The highest BCUT2D eigenvalue weighted by molar-refractivity contribution is 5.78. The molecule has 1 aliphatic rings. The van der Waals surface area contributed by atoms with E-state index in [1.54, 1.807) is 0 Å². The molecule has 0 unspecified atom stereocenters. The number of nitrogens with one attached hydrogen (secondary N) is 1. The number of hydrogen-bond acceptors (Lipinski definition) is 4. The van der Waals surface area contributed by atoms with Crippen molar-refractivity contribution in [3.8, 4) is 0 Å². The fraction of sp³-hybridized carbons (Fsp3) is 0.526. The first kappa shape index (κ1) is 16.4. The van der Waals surface area contributed by atoms with Gasteiger partial charge in [0, 0.05) is 36.6 Å². The summed E-state index contributed by atoms with van der Waals surface area (Å²) in [7, 11) is 0. The molecule has 0 amide bonds. The van der Waals surface area contributed by atoms with Crippen LogP contribution < -0.4 is 5.32 Å². The molecule has 0 aliphatic carbocycles. The van der Waals surface area contributed by atoms with Crippen molar-refractivity contribution in [2.24, 2.45) is 0 Å². The van der Waals surface area contributed by atoms with E-state index in [2.05, 4.69) is 61.3 Å². The normalized spacial score (nSPS) is 18.2. The third kappa shape index (κ3) is 3.89. The average molecular weight is 313 g/mol. The lowest BCUT2D eigenvalue weighted by Gasteiger charge is -2.41. The predicted octanol–water partition coefficient (Wildman–Crippen LogP) is 3.00. The molecule has 3 rings (SSSR count). The number of hydrogen-bond donors (Lipinski definition) is 1. The summed E-state index contributed by atoms with van der Waals surface area (Å²) in [4.78, 5) is 7.30. The highest BCUT2D eigenvalue weighted by atomic mass is 16.5. The summed E-state index contributed by atoms with van der Waals surface area (Å²) in [6, 6.07) is 12.8. The second kappa shape index (κ2) is 6.95. The lowest BCUT2D eigenvalue weighted by molar-refractivity contribution is -0.0102. The van der Waals surface area contributed by atoms with Gasteiger partial charge in [-0.25, -0.2) is 0 Å². The molecule has 1 aromatic carbocycles. The van der Waals surface area contributed by atoms with Gasteiger partial charge in [-0.3, -0.25) is 9.88 Å². The summed E-state index contributed by atoms with van der Waals surface area (Å²) in [5.74, 6) is 0. The van der Waals surface area contributed by atoms with Gasteiger partial charge >= 0.3 is 0 Å². The van der Waals surface area contributed by atoms with Gasteiger partial charge in [-0.15, -0.1) is 0 Å². The molecule has 2 heterocycles. The van der Waals surface area contributed by atoms with Crippen LogP contribution in [0.25, 0.3) is 10.9 Å². The van der Waals surface area contributed by atoms with Gasteiger partial charge in [-0.05, 0) is 32.9 Å². The maximum Gasteiger partial charge on any atom is 0.0706 e. The Morgan fingerprint density at radius 3 is 2.70 bits per heavy atom. The molecule has 1 aliphatic heterocycles. The summed E-state index contributed by atoms with van der Waals surface area (Å²) in [5.41, 5.74) is 2.28. The van der Waals surface area contributed by atoms with Crippen molar-refractivity contribution in [2.75, 3.05) is 32.8 Å². The van der Waals surface area contributed by atoms with Gasteiger partial charge in [0.2, 0.25) is 0 Å². The zero-order chi connectivity index (χ0) is 16.3. The number of nitrogens with zero attached hydrogens (tertiary/aromatic N) is 2. The summed E-state index contributed by atoms with van der Waals surface area (Å²) >= 11 is 0. The zero-order valence-electron chi connectivity index (χ0n) is 14.4. The topological polar surface area (TPSA) is 37.4 Å². The predicted molar refractivity (Wildman–Crippen MR) is 94.6 cm³/mol. The van der Waals surface area contributed by atoms with Crippen molar-refractivity contribution in [3.05, 3.63) is 42.1 Å². The van der Waals surface area contributed by atoms with Gasteiger partial charge in [0.15, 0.2) is 0 Å². The second-order valence-electron chi connectivity index (χ2n) is 6.94. The molecule has 124 valence electrons. The van der Waals surface area contributed by atoms with E-state index in [0.29, 0.717) is 0 Å². The lowest BCUT2D eigenvalue weighted by Crippen LogP contribution is -2.54. The number of benzene rings is 1. The molecular weight excluding hydrogens is 286 g/mol. The number of ether oxygens (including phenoxy) is 1.